The van der Waals surface area contributed by atoms with Gasteiger partial charge in [-0.1, -0.05) is 43.9 Å². The van der Waals surface area contributed by atoms with Crippen molar-refractivity contribution in [1.82, 2.24) is 14.2 Å². The lowest BCUT2D eigenvalue weighted by Crippen LogP contribution is -2.51. The minimum Gasteiger partial charge on any atom is -0.319 e. The number of thiazole rings is 1. The van der Waals surface area contributed by atoms with Crippen LogP contribution in [0.1, 0.15) is 84.0 Å². The van der Waals surface area contributed by atoms with E-state index in [0.717, 1.165) is 75.0 Å². The molecule has 4 rings (SSSR count). The molecular formula is C22H36N4O3S2. The van der Waals surface area contributed by atoms with Crippen molar-refractivity contribution in [3.8, 4) is 0 Å². The third-order valence-electron chi connectivity index (χ3n) is 7.19. The maximum Gasteiger partial charge on any atom is 0.324 e. The Morgan fingerprint density at radius 3 is 2.29 bits per heavy atom. The highest BCUT2D eigenvalue weighted by molar-refractivity contribution is 7.91. The first-order chi connectivity index (χ1) is 14.9. The molecule has 0 atom stereocenters. The van der Waals surface area contributed by atoms with Gasteiger partial charge in [0.15, 0.2) is 9.34 Å². The first kappa shape index (κ1) is 23.0. The van der Waals surface area contributed by atoms with Gasteiger partial charge in [-0.25, -0.2) is 18.2 Å². The summed E-state index contributed by atoms with van der Waals surface area (Å²) in [4.78, 5) is 19.7. The number of rotatable bonds is 5. The van der Waals surface area contributed by atoms with Crippen LogP contribution in [0.15, 0.2) is 10.4 Å². The standard InChI is InChI=1S/C22H36N4O3S2/c1-17-10-12-19(13-11-17)26(18-8-4-2-5-9-18)22(27)24-21-23-16-20(30-21)31(28,29)25-14-6-3-7-15-25/h16-19H,2-15H2,1H3,(H,23,24,27). The Labute approximate surface area is 190 Å². The molecule has 0 spiro atoms. The van der Waals surface area contributed by atoms with Gasteiger partial charge in [0.1, 0.15) is 0 Å². The Morgan fingerprint density at radius 1 is 1.00 bits per heavy atom. The highest BCUT2D eigenvalue weighted by Crippen LogP contribution is 2.34. The molecule has 1 aromatic rings. The van der Waals surface area contributed by atoms with Crippen LogP contribution in [-0.2, 0) is 10.0 Å². The van der Waals surface area contributed by atoms with Gasteiger partial charge in [-0.2, -0.15) is 4.31 Å². The Hall–Kier alpha value is -1.19. The molecule has 0 radical (unpaired) electrons. The smallest absolute Gasteiger partial charge is 0.319 e. The van der Waals surface area contributed by atoms with Gasteiger partial charge in [0.05, 0.1) is 6.20 Å². The molecule has 0 aromatic carbocycles. The van der Waals surface area contributed by atoms with Crippen LogP contribution < -0.4 is 5.32 Å². The van der Waals surface area contributed by atoms with E-state index in [1.807, 2.05) is 0 Å². The second-order valence-electron chi connectivity index (χ2n) is 9.49. The molecule has 0 unspecified atom stereocenters. The fourth-order valence-electron chi connectivity index (χ4n) is 5.33. The number of hydrogen-bond acceptors (Lipinski definition) is 5. The molecule has 3 aliphatic rings. The number of sulfonamides is 1. The summed E-state index contributed by atoms with van der Waals surface area (Å²) in [5, 5.41) is 3.33. The zero-order valence-corrected chi connectivity index (χ0v) is 20.2. The van der Waals surface area contributed by atoms with Gasteiger partial charge < -0.3 is 4.90 Å². The van der Waals surface area contributed by atoms with E-state index in [1.165, 1.54) is 25.5 Å². The Balaban J connectivity index is 1.47. The molecule has 2 amide bonds. The van der Waals surface area contributed by atoms with Crippen LogP contribution in [0, 0.1) is 5.92 Å². The van der Waals surface area contributed by atoms with E-state index in [9.17, 15) is 13.2 Å². The summed E-state index contributed by atoms with van der Waals surface area (Å²) < 4.78 is 27.6. The Bertz CT molecular complexity index is 837. The van der Waals surface area contributed by atoms with Gasteiger partial charge in [0.25, 0.3) is 10.0 Å². The van der Waals surface area contributed by atoms with Gasteiger partial charge in [-0.3, -0.25) is 5.32 Å². The number of piperidine rings is 1. The molecule has 3 fully saturated rings. The van der Waals surface area contributed by atoms with Crippen molar-refractivity contribution in [3.05, 3.63) is 6.20 Å². The van der Waals surface area contributed by atoms with Gasteiger partial charge in [0, 0.05) is 25.2 Å². The Morgan fingerprint density at radius 2 is 1.61 bits per heavy atom. The van der Waals surface area contributed by atoms with E-state index < -0.39 is 10.0 Å². The lowest BCUT2D eigenvalue weighted by Gasteiger charge is -2.42. The summed E-state index contributed by atoms with van der Waals surface area (Å²) in [6.07, 6.45) is 14.4. The molecule has 0 bridgehead atoms. The summed E-state index contributed by atoms with van der Waals surface area (Å²) in [5.41, 5.74) is 0. The van der Waals surface area contributed by atoms with Crippen LogP contribution in [0.5, 0.6) is 0 Å². The third kappa shape index (κ3) is 5.42. The summed E-state index contributed by atoms with van der Waals surface area (Å²) in [6, 6.07) is 0.446. The van der Waals surface area contributed by atoms with Crippen LogP contribution in [0.3, 0.4) is 0 Å². The van der Waals surface area contributed by atoms with Crippen molar-refractivity contribution < 1.29 is 13.2 Å². The topological polar surface area (TPSA) is 82.6 Å². The number of amides is 2. The molecular weight excluding hydrogens is 432 g/mol. The number of aromatic nitrogens is 1. The maximum atomic E-state index is 13.4. The number of carbonyl (C=O) groups is 1. The maximum absolute atomic E-state index is 13.4. The fraction of sp³-hybridized carbons (Fsp3) is 0.818. The normalized spacial score (nSPS) is 26.5. The molecule has 174 valence electrons. The molecule has 1 saturated heterocycles. The number of nitrogens with one attached hydrogen (secondary N) is 1. The van der Waals surface area contributed by atoms with Crippen LogP contribution in [0.2, 0.25) is 0 Å². The van der Waals surface area contributed by atoms with Crippen molar-refractivity contribution in [1.29, 1.82) is 0 Å². The molecule has 2 saturated carbocycles. The number of urea groups is 1. The molecule has 31 heavy (non-hydrogen) atoms. The molecule has 2 aliphatic carbocycles. The largest absolute Gasteiger partial charge is 0.324 e. The summed E-state index contributed by atoms with van der Waals surface area (Å²) in [6.45, 7) is 3.43. The van der Waals surface area contributed by atoms with Crippen molar-refractivity contribution in [3.63, 3.8) is 0 Å². The molecule has 9 heteroatoms. The molecule has 1 N–H and O–H groups in total. The molecule has 1 aromatic heterocycles. The van der Waals surface area contributed by atoms with Gasteiger partial charge in [-0.15, -0.1) is 0 Å². The van der Waals surface area contributed by atoms with Crippen LogP contribution in [0.25, 0.3) is 0 Å². The minimum absolute atomic E-state index is 0.109. The van der Waals surface area contributed by atoms with Gasteiger partial charge in [0.2, 0.25) is 0 Å². The minimum atomic E-state index is -3.52. The lowest BCUT2D eigenvalue weighted by molar-refractivity contribution is 0.105. The van der Waals surface area contributed by atoms with Crippen LogP contribution >= 0.6 is 11.3 Å². The number of nitrogens with zero attached hydrogens (tertiary/aromatic N) is 3. The third-order valence-corrected chi connectivity index (χ3v) is 10.4. The van der Waals surface area contributed by atoms with Crippen LogP contribution in [-0.4, -0.2) is 53.8 Å². The first-order valence-electron chi connectivity index (χ1n) is 12.0. The fourth-order valence-corrected chi connectivity index (χ4v) is 8.03. The SMILES string of the molecule is CC1CCC(N(C(=O)Nc2ncc(S(=O)(=O)N3CCCCC3)s2)C2CCCCC2)CC1. The highest BCUT2D eigenvalue weighted by Gasteiger charge is 2.34. The van der Waals surface area contributed by atoms with E-state index in [-0.39, 0.29) is 22.3 Å². The summed E-state index contributed by atoms with van der Waals surface area (Å²) in [5.74, 6) is 0.731. The number of hydrogen-bond donors (Lipinski definition) is 1. The average molecular weight is 469 g/mol. The quantitative estimate of drug-likeness (QED) is 0.654. The molecule has 2 heterocycles. The van der Waals surface area contributed by atoms with Crippen LogP contribution in [0.4, 0.5) is 9.93 Å². The average Bonchev–Trinajstić information content (AvgIpc) is 3.26. The number of anilines is 1. The lowest BCUT2D eigenvalue weighted by atomic mass is 9.84. The number of carbonyl (C=O) groups excluding carboxylic acids is 1. The van der Waals surface area contributed by atoms with Crippen molar-refractivity contribution in [2.24, 2.45) is 5.92 Å². The van der Waals surface area contributed by atoms with Crippen molar-refractivity contribution in [2.45, 2.75) is 100 Å². The zero-order chi connectivity index (χ0) is 21.8. The van der Waals surface area contributed by atoms with Crippen molar-refractivity contribution in [2.75, 3.05) is 18.4 Å². The highest BCUT2D eigenvalue weighted by atomic mass is 32.2. The molecule has 7 nitrogen and oxygen atoms in total. The summed E-state index contributed by atoms with van der Waals surface area (Å²) >= 11 is 1.07. The van der Waals surface area contributed by atoms with E-state index >= 15 is 0 Å². The van der Waals surface area contributed by atoms with E-state index in [4.69, 9.17) is 0 Å². The first-order valence-corrected chi connectivity index (χ1v) is 14.3. The monoisotopic (exact) mass is 468 g/mol. The summed E-state index contributed by atoms with van der Waals surface area (Å²) in [7, 11) is -3.52. The van der Waals surface area contributed by atoms with E-state index in [0.29, 0.717) is 18.2 Å². The van der Waals surface area contributed by atoms with Gasteiger partial charge in [-0.05, 0) is 57.3 Å². The van der Waals surface area contributed by atoms with Gasteiger partial charge >= 0.3 is 6.03 Å². The second kappa shape index (κ2) is 10.2. The van der Waals surface area contributed by atoms with E-state index in [2.05, 4.69) is 22.1 Å². The van der Waals surface area contributed by atoms with E-state index in [1.54, 1.807) is 4.31 Å². The second-order valence-corrected chi connectivity index (χ2v) is 12.7. The Kier molecular flexibility index (Phi) is 7.54. The predicted molar refractivity (Wildman–Crippen MR) is 124 cm³/mol. The zero-order valence-electron chi connectivity index (χ0n) is 18.6. The van der Waals surface area contributed by atoms with Crippen molar-refractivity contribution >= 4 is 32.5 Å². The predicted octanol–water partition coefficient (Wildman–Crippen LogP) is 5.06. The molecule has 1 aliphatic heterocycles.